The molecule has 1 aliphatic rings. The maximum Gasteiger partial charge on any atom is 0.175 e. The average molecular weight is 223 g/mol. The van der Waals surface area contributed by atoms with Crippen LogP contribution in [0.4, 0.5) is 0 Å². The summed E-state index contributed by atoms with van der Waals surface area (Å²) in [5.74, 6) is -0.372. The predicted octanol–water partition coefficient (Wildman–Crippen LogP) is 1.07. The lowest BCUT2D eigenvalue weighted by Gasteiger charge is -2.13. The van der Waals surface area contributed by atoms with Gasteiger partial charge in [-0.2, -0.15) is 0 Å². The zero-order chi connectivity index (χ0) is 7.72. The Hall–Kier alpha value is -0.150. The molecule has 0 amide bonds. The molecule has 0 saturated carbocycles. The third-order valence-corrected chi connectivity index (χ3v) is 2.96. The van der Waals surface area contributed by atoms with Crippen molar-refractivity contribution < 1.29 is 9.59 Å². The number of ketones is 2. The van der Waals surface area contributed by atoms with Crippen molar-refractivity contribution in [1.29, 1.82) is 0 Å². The minimum atomic E-state index is -0.738. The van der Waals surface area contributed by atoms with Gasteiger partial charge in [0.1, 0.15) is 10.2 Å². The van der Waals surface area contributed by atoms with Gasteiger partial charge in [0, 0.05) is 0 Å². The second kappa shape index (κ2) is 2.84. The number of hydrogen-bond acceptors (Lipinski definition) is 2. The lowest BCUT2D eigenvalue weighted by Crippen LogP contribution is -2.32. The maximum absolute atomic E-state index is 10.8. The molecule has 1 rings (SSSR count). The van der Waals surface area contributed by atoms with Gasteiger partial charge < -0.3 is 0 Å². The molecule has 2 atom stereocenters. The third-order valence-electron chi connectivity index (χ3n) is 1.21. The predicted molar refractivity (Wildman–Crippen MR) is 41.5 cm³/mol. The summed E-state index contributed by atoms with van der Waals surface area (Å²) in [6, 6.07) is 0. The summed E-state index contributed by atoms with van der Waals surface area (Å²) in [6.45, 7) is 0. The lowest BCUT2D eigenvalue weighted by atomic mass is 10.1. The van der Waals surface area contributed by atoms with E-state index in [1.807, 2.05) is 0 Å². The molecule has 2 unspecified atom stereocenters. The van der Waals surface area contributed by atoms with Gasteiger partial charge in [-0.25, -0.2) is 0 Å². The van der Waals surface area contributed by atoms with Crippen LogP contribution in [-0.2, 0) is 9.59 Å². The van der Waals surface area contributed by atoms with E-state index in [9.17, 15) is 9.59 Å². The maximum atomic E-state index is 10.8. The molecule has 0 N–H and O–H groups in total. The number of rotatable bonds is 0. The number of carbonyl (C=O) groups is 2. The van der Waals surface area contributed by atoms with Crippen LogP contribution in [0.15, 0.2) is 12.2 Å². The second-order valence-electron chi connectivity index (χ2n) is 1.94. The van der Waals surface area contributed by atoms with Crippen LogP contribution in [0, 0.1) is 0 Å². The van der Waals surface area contributed by atoms with Crippen LogP contribution in [0.25, 0.3) is 0 Å². The van der Waals surface area contributed by atoms with Gasteiger partial charge in [0.25, 0.3) is 0 Å². The topological polar surface area (TPSA) is 34.1 Å². The fourth-order valence-corrected chi connectivity index (χ4v) is 1.25. The summed E-state index contributed by atoms with van der Waals surface area (Å²) in [6.07, 6.45) is 2.44. The fraction of sp³-hybridized carbons (Fsp3) is 0.333. The Bertz CT molecular complexity index is 190. The van der Waals surface area contributed by atoms with Gasteiger partial charge in [-0.1, -0.05) is 15.9 Å². The summed E-state index contributed by atoms with van der Waals surface area (Å²) >= 11 is 8.55. The highest BCUT2D eigenvalue weighted by Crippen LogP contribution is 2.18. The van der Waals surface area contributed by atoms with Crippen LogP contribution in [0.3, 0.4) is 0 Å². The Morgan fingerprint density at radius 1 is 1.30 bits per heavy atom. The Labute approximate surface area is 71.4 Å². The molecule has 0 aliphatic heterocycles. The van der Waals surface area contributed by atoms with Gasteiger partial charge in [-0.3, -0.25) is 9.59 Å². The van der Waals surface area contributed by atoms with Crippen molar-refractivity contribution in [3.63, 3.8) is 0 Å². The molecule has 0 saturated heterocycles. The summed E-state index contributed by atoms with van der Waals surface area (Å²) in [5.41, 5.74) is 0. The minimum Gasteiger partial charge on any atom is -0.294 e. The monoisotopic (exact) mass is 222 g/mol. The molecule has 0 aromatic rings. The molecule has 1 aliphatic carbocycles. The van der Waals surface area contributed by atoms with Crippen LogP contribution < -0.4 is 0 Å². The minimum absolute atomic E-state index is 0.153. The van der Waals surface area contributed by atoms with Gasteiger partial charge in [0.05, 0.1) is 0 Å². The van der Waals surface area contributed by atoms with Crippen LogP contribution in [0.1, 0.15) is 0 Å². The van der Waals surface area contributed by atoms with E-state index in [4.69, 9.17) is 11.6 Å². The molecule has 2 nitrogen and oxygen atoms in total. The van der Waals surface area contributed by atoms with Crippen LogP contribution in [0.2, 0.25) is 0 Å². The molecule has 0 spiro atoms. The van der Waals surface area contributed by atoms with E-state index in [0.29, 0.717) is 0 Å². The fourth-order valence-electron chi connectivity index (χ4n) is 0.637. The van der Waals surface area contributed by atoms with E-state index < -0.39 is 10.2 Å². The van der Waals surface area contributed by atoms with Crippen molar-refractivity contribution in [3.8, 4) is 0 Å². The van der Waals surface area contributed by atoms with Crippen molar-refractivity contribution in [3.05, 3.63) is 12.2 Å². The van der Waals surface area contributed by atoms with Gasteiger partial charge in [0.2, 0.25) is 0 Å². The average Bonchev–Trinajstić information content (AvgIpc) is 1.93. The molecule has 0 aromatic carbocycles. The van der Waals surface area contributed by atoms with Crippen LogP contribution in [-0.4, -0.2) is 21.8 Å². The molecular formula is C6H4BrClO2. The van der Waals surface area contributed by atoms with E-state index in [-0.39, 0.29) is 11.6 Å². The number of halogens is 2. The quantitative estimate of drug-likeness (QED) is 0.576. The number of alkyl halides is 2. The highest BCUT2D eigenvalue weighted by atomic mass is 79.9. The Morgan fingerprint density at radius 3 is 2.30 bits per heavy atom. The van der Waals surface area contributed by atoms with Crippen LogP contribution in [0.5, 0.6) is 0 Å². The first kappa shape index (κ1) is 7.95. The molecule has 0 fully saturated rings. The van der Waals surface area contributed by atoms with Gasteiger partial charge in [-0.05, 0) is 12.2 Å². The van der Waals surface area contributed by atoms with E-state index >= 15 is 0 Å². The summed E-state index contributed by atoms with van der Waals surface area (Å²) in [5, 5.41) is -0.738. The number of allylic oxidation sites excluding steroid dienone is 2. The first-order valence-electron chi connectivity index (χ1n) is 2.67. The summed E-state index contributed by atoms with van der Waals surface area (Å²) in [7, 11) is 0. The van der Waals surface area contributed by atoms with Crippen molar-refractivity contribution in [2.24, 2.45) is 0 Å². The smallest absolute Gasteiger partial charge is 0.175 e. The summed E-state index contributed by atoms with van der Waals surface area (Å²) < 4.78 is 0. The van der Waals surface area contributed by atoms with Gasteiger partial charge in [-0.15, -0.1) is 11.6 Å². The molecule has 0 heterocycles. The second-order valence-corrected chi connectivity index (χ2v) is 3.40. The van der Waals surface area contributed by atoms with Crippen molar-refractivity contribution in [2.75, 3.05) is 0 Å². The molecule has 0 radical (unpaired) electrons. The molecular weight excluding hydrogens is 219 g/mol. The highest BCUT2D eigenvalue weighted by Gasteiger charge is 2.30. The SMILES string of the molecule is O=C1C=CC(=O)C(Br)C1Cl. The van der Waals surface area contributed by atoms with Crippen molar-refractivity contribution in [1.82, 2.24) is 0 Å². The number of hydrogen-bond donors (Lipinski definition) is 0. The zero-order valence-electron chi connectivity index (χ0n) is 4.88. The first-order chi connectivity index (χ1) is 4.63. The Kier molecular flexibility index (Phi) is 2.26. The van der Waals surface area contributed by atoms with E-state index in [1.54, 1.807) is 0 Å². The molecule has 0 bridgehead atoms. The van der Waals surface area contributed by atoms with Crippen LogP contribution >= 0.6 is 27.5 Å². The third kappa shape index (κ3) is 1.30. The lowest BCUT2D eigenvalue weighted by molar-refractivity contribution is -0.120. The Balaban J connectivity index is 2.89. The van der Waals surface area contributed by atoms with Crippen molar-refractivity contribution in [2.45, 2.75) is 10.2 Å². The first-order valence-corrected chi connectivity index (χ1v) is 4.02. The zero-order valence-corrected chi connectivity index (χ0v) is 7.22. The molecule has 0 aromatic heterocycles. The van der Waals surface area contributed by atoms with Gasteiger partial charge in [0.15, 0.2) is 11.6 Å². The van der Waals surface area contributed by atoms with Gasteiger partial charge >= 0.3 is 0 Å². The summed E-state index contributed by atoms with van der Waals surface area (Å²) in [4.78, 5) is 21.0. The standard InChI is InChI=1S/C6H4BrClO2/c7-5-3(9)1-2-4(10)6(5)8/h1-2,5-6H. The molecule has 54 valence electrons. The molecule has 10 heavy (non-hydrogen) atoms. The van der Waals surface area contributed by atoms with E-state index in [0.717, 1.165) is 0 Å². The van der Waals surface area contributed by atoms with Crippen molar-refractivity contribution >= 4 is 39.1 Å². The van der Waals surface area contributed by atoms with E-state index in [1.165, 1.54) is 12.2 Å². The van der Waals surface area contributed by atoms with E-state index in [2.05, 4.69) is 15.9 Å². The highest BCUT2D eigenvalue weighted by molar-refractivity contribution is 9.10. The largest absolute Gasteiger partial charge is 0.294 e. The normalized spacial score (nSPS) is 33.0. The Morgan fingerprint density at radius 2 is 1.80 bits per heavy atom. The molecule has 4 heteroatoms. The number of carbonyl (C=O) groups excluding carboxylic acids is 2.